The highest BCUT2D eigenvalue weighted by Gasteiger charge is 2.51. The summed E-state index contributed by atoms with van der Waals surface area (Å²) in [5.41, 5.74) is 8.24. The largest absolute Gasteiger partial charge is 0.497 e. The minimum atomic E-state index is -5.08. The average Bonchev–Trinajstić information content (AvgIpc) is 3.27. The third-order valence-corrected chi connectivity index (χ3v) is 7.94. The number of nitrogens with zero attached hydrogens (tertiary/aromatic N) is 2. The quantitative estimate of drug-likeness (QED) is 0.509. The normalized spacial score (nSPS) is 22.4. The highest BCUT2D eigenvalue weighted by Crippen LogP contribution is 2.50. The number of carbonyl (C=O) groups is 2. The van der Waals surface area contributed by atoms with Gasteiger partial charge in [0.05, 0.1) is 21.3 Å². The minimum absolute atomic E-state index is 0.0359. The van der Waals surface area contributed by atoms with Crippen LogP contribution in [0, 0.1) is 0 Å². The summed E-state index contributed by atoms with van der Waals surface area (Å²) in [5.74, 6) is -0.450. The van der Waals surface area contributed by atoms with Gasteiger partial charge in [0.25, 0.3) is 0 Å². The van der Waals surface area contributed by atoms with E-state index in [-0.39, 0.29) is 17.5 Å². The van der Waals surface area contributed by atoms with Gasteiger partial charge in [-0.3, -0.25) is 0 Å². The number of likely N-dealkylation sites (tertiary alicyclic amines) is 1. The van der Waals surface area contributed by atoms with Gasteiger partial charge in [-0.2, -0.15) is 13.2 Å². The van der Waals surface area contributed by atoms with Crippen LogP contribution in [-0.2, 0) is 16.8 Å². The molecule has 2 aliphatic rings. The molecule has 3 N–H and O–H groups in total. The predicted molar refractivity (Wildman–Crippen MR) is 142 cm³/mol. The summed E-state index contributed by atoms with van der Waals surface area (Å²) < 4.78 is 48.0. The van der Waals surface area contributed by atoms with Gasteiger partial charge >= 0.3 is 18.2 Å². The summed E-state index contributed by atoms with van der Waals surface area (Å²) in [6.45, 7) is 1.53. The summed E-state index contributed by atoms with van der Waals surface area (Å²) in [6.07, 6.45) is -1.19. The van der Waals surface area contributed by atoms with Crippen molar-refractivity contribution in [1.82, 2.24) is 9.80 Å². The lowest BCUT2D eigenvalue weighted by Crippen LogP contribution is -2.53. The van der Waals surface area contributed by atoms with Crippen molar-refractivity contribution in [2.24, 2.45) is 5.73 Å². The molecule has 0 radical (unpaired) electrons. The van der Waals surface area contributed by atoms with Crippen LogP contribution in [0.5, 0.6) is 17.2 Å². The molecule has 0 aromatic heterocycles. The number of primary amides is 1. The Balaban J connectivity index is 0.000000559. The van der Waals surface area contributed by atoms with E-state index in [4.69, 9.17) is 29.8 Å². The van der Waals surface area contributed by atoms with Gasteiger partial charge in [0.1, 0.15) is 5.75 Å². The SMILES string of the molecule is COc1ccc(CN(C(N)=O)[C@@H]2CC[C@@]3(c4ccc(OC)c(OC)c4)CCN(C)[C@H]3C2)cc1.O=C(O)C(F)(F)F. The van der Waals surface area contributed by atoms with E-state index in [9.17, 15) is 18.0 Å². The van der Waals surface area contributed by atoms with Crippen molar-refractivity contribution in [3.63, 3.8) is 0 Å². The van der Waals surface area contributed by atoms with E-state index in [1.165, 1.54) is 5.56 Å². The lowest BCUT2D eigenvalue weighted by Gasteiger charge is -2.47. The molecule has 9 nitrogen and oxygen atoms in total. The number of urea groups is 1. The Kier molecular flexibility index (Phi) is 9.78. The molecule has 0 spiro atoms. The van der Waals surface area contributed by atoms with Crippen LogP contribution in [0.3, 0.4) is 0 Å². The van der Waals surface area contributed by atoms with Gasteiger partial charge in [0.2, 0.25) is 0 Å². The number of carboxylic acid groups (broad SMARTS) is 1. The van der Waals surface area contributed by atoms with Crippen LogP contribution in [0.15, 0.2) is 42.5 Å². The van der Waals surface area contributed by atoms with Gasteiger partial charge in [-0.05, 0) is 74.7 Å². The molecular formula is C28H36F3N3O6. The number of alkyl halides is 3. The van der Waals surface area contributed by atoms with Crippen LogP contribution in [0.25, 0.3) is 0 Å². The van der Waals surface area contributed by atoms with Gasteiger partial charge in [0, 0.05) is 24.0 Å². The molecular weight excluding hydrogens is 531 g/mol. The van der Waals surface area contributed by atoms with Crippen LogP contribution >= 0.6 is 0 Å². The van der Waals surface area contributed by atoms with E-state index >= 15 is 0 Å². The molecule has 2 aromatic rings. The summed E-state index contributed by atoms with van der Waals surface area (Å²) in [7, 11) is 7.18. The Hall–Kier alpha value is -3.67. The molecule has 3 atom stereocenters. The zero-order valence-electron chi connectivity index (χ0n) is 23.0. The molecule has 12 heteroatoms. The van der Waals surface area contributed by atoms with E-state index in [0.717, 1.165) is 55.0 Å². The molecule has 1 saturated carbocycles. The van der Waals surface area contributed by atoms with Crippen molar-refractivity contribution in [3.05, 3.63) is 53.6 Å². The van der Waals surface area contributed by atoms with Crippen LogP contribution in [0.4, 0.5) is 18.0 Å². The Morgan fingerprint density at radius 3 is 2.20 bits per heavy atom. The minimum Gasteiger partial charge on any atom is -0.497 e. The van der Waals surface area contributed by atoms with E-state index < -0.39 is 12.1 Å². The van der Waals surface area contributed by atoms with Gasteiger partial charge < -0.3 is 34.9 Å². The number of halogens is 3. The van der Waals surface area contributed by atoms with Gasteiger partial charge in [-0.15, -0.1) is 0 Å². The molecule has 0 unspecified atom stereocenters. The molecule has 40 heavy (non-hydrogen) atoms. The van der Waals surface area contributed by atoms with Crippen molar-refractivity contribution in [3.8, 4) is 17.2 Å². The van der Waals surface area contributed by atoms with Crippen molar-refractivity contribution in [2.75, 3.05) is 34.9 Å². The Bertz CT molecular complexity index is 1180. The fourth-order valence-corrected chi connectivity index (χ4v) is 5.84. The Morgan fingerprint density at radius 1 is 1.05 bits per heavy atom. The van der Waals surface area contributed by atoms with E-state index in [1.54, 1.807) is 21.3 Å². The number of hydrogen-bond donors (Lipinski definition) is 2. The predicted octanol–water partition coefficient (Wildman–Crippen LogP) is 4.42. The maximum absolute atomic E-state index is 12.5. The lowest BCUT2D eigenvalue weighted by molar-refractivity contribution is -0.192. The number of ether oxygens (including phenoxy) is 3. The van der Waals surface area contributed by atoms with E-state index in [2.05, 4.69) is 24.1 Å². The standard InChI is InChI=1S/C26H35N3O4.C2HF3O2/c1-28-14-13-26(19-7-10-22(32-3)23(15-19)33-4)12-11-20(16-24(26)28)29(25(27)30)17-18-5-8-21(31-2)9-6-18;3-2(4,5)1(6)7/h5-10,15,20,24H,11-14,16-17H2,1-4H3,(H2,27,30);(H,6,7)/t20-,24+,26+;/m1./s1. The number of nitrogens with two attached hydrogens (primary N) is 1. The van der Waals surface area contributed by atoms with Gasteiger partial charge in [-0.1, -0.05) is 18.2 Å². The molecule has 2 fully saturated rings. The first-order chi connectivity index (χ1) is 18.9. The highest BCUT2D eigenvalue weighted by molar-refractivity contribution is 5.73. The molecule has 1 aliphatic heterocycles. The molecule has 0 bridgehead atoms. The number of likely N-dealkylation sites (N-methyl/N-ethyl adjacent to an activating group) is 1. The summed E-state index contributed by atoms with van der Waals surface area (Å²) in [4.78, 5) is 25.7. The van der Waals surface area contributed by atoms with Gasteiger partial charge in [-0.25, -0.2) is 9.59 Å². The topological polar surface area (TPSA) is 115 Å². The van der Waals surface area contributed by atoms with Crippen LogP contribution in [0.1, 0.15) is 36.8 Å². The van der Waals surface area contributed by atoms with E-state index in [1.807, 2.05) is 35.2 Å². The zero-order valence-corrected chi connectivity index (χ0v) is 23.0. The fraction of sp³-hybridized carbons (Fsp3) is 0.500. The number of carbonyl (C=O) groups excluding carboxylic acids is 1. The molecule has 1 heterocycles. The number of aliphatic carboxylic acids is 1. The van der Waals surface area contributed by atoms with Crippen molar-refractivity contribution < 1.29 is 42.1 Å². The van der Waals surface area contributed by atoms with Crippen LogP contribution < -0.4 is 19.9 Å². The molecule has 2 amide bonds. The number of fused-ring (bicyclic) bond motifs is 1. The first-order valence-electron chi connectivity index (χ1n) is 12.8. The average molecular weight is 568 g/mol. The van der Waals surface area contributed by atoms with Crippen molar-refractivity contribution in [2.45, 2.75) is 55.9 Å². The summed E-state index contributed by atoms with van der Waals surface area (Å²) >= 11 is 0. The number of benzene rings is 2. The molecule has 1 aliphatic carbocycles. The lowest BCUT2D eigenvalue weighted by atomic mass is 9.64. The van der Waals surface area contributed by atoms with Crippen LogP contribution in [-0.4, -0.2) is 80.1 Å². The number of carboxylic acids is 1. The van der Waals surface area contributed by atoms with Crippen molar-refractivity contribution in [1.29, 1.82) is 0 Å². The van der Waals surface area contributed by atoms with Crippen LogP contribution in [0.2, 0.25) is 0 Å². The second kappa shape index (κ2) is 12.7. The second-order valence-electron chi connectivity index (χ2n) is 10.0. The number of amides is 2. The smallest absolute Gasteiger partial charge is 0.490 e. The number of rotatable bonds is 7. The fourth-order valence-electron chi connectivity index (χ4n) is 5.84. The molecule has 1 saturated heterocycles. The van der Waals surface area contributed by atoms with Gasteiger partial charge in [0.15, 0.2) is 11.5 Å². The third kappa shape index (κ3) is 6.72. The molecule has 2 aromatic carbocycles. The maximum atomic E-state index is 12.5. The Labute approximate surface area is 231 Å². The summed E-state index contributed by atoms with van der Waals surface area (Å²) in [6, 6.07) is 14.2. The second-order valence-corrected chi connectivity index (χ2v) is 10.0. The monoisotopic (exact) mass is 567 g/mol. The molecule has 4 rings (SSSR count). The number of methoxy groups -OCH3 is 3. The zero-order chi connectivity index (χ0) is 29.7. The number of hydrogen-bond acceptors (Lipinski definition) is 6. The first kappa shape index (κ1) is 30.9. The summed E-state index contributed by atoms with van der Waals surface area (Å²) in [5, 5.41) is 7.12. The van der Waals surface area contributed by atoms with E-state index in [0.29, 0.717) is 12.6 Å². The van der Waals surface area contributed by atoms with Crippen molar-refractivity contribution >= 4 is 12.0 Å². The maximum Gasteiger partial charge on any atom is 0.490 e. The molecule has 220 valence electrons. The Morgan fingerprint density at radius 2 is 1.68 bits per heavy atom. The highest BCUT2D eigenvalue weighted by atomic mass is 19.4. The third-order valence-electron chi connectivity index (χ3n) is 7.94. The first-order valence-corrected chi connectivity index (χ1v) is 12.8.